The van der Waals surface area contributed by atoms with Crippen molar-refractivity contribution in [1.29, 1.82) is 0 Å². The van der Waals surface area contributed by atoms with Crippen LogP contribution in [-0.4, -0.2) is 23.9 Å². The predicted molar refractivity (Wildman–Crippen MR) is 84.2 cm³/mol. The molecule has 4 nitrogen and oxygen atoms in total. The lowest BCUT2D eigenvalue weighted by molar-refractivity contribution is -0.134. The van der Waals surface area contributed by atoms with Gasteiger partial charge in [0, 0.05) is 5.69 Å². The van der Waals surface area contributed by atoms with Crippen LogP contribution in [0.1, 0.15) is 45.6 Å². The summed E-state index contributed by atoms with van der Waals surface area (Å²) in [5.41, 5.74) is 2.01. The minimum atomic E-state index is -0.405. The first-order valence-corrected chi connectivity index (χ1v) is 7.84. The molecule has 0 bridgehead atoms. The van der Waals surface area contributed by atoms with Gasteiger partial charge in [0.15, 0.2) is 0 Å². The molecule has 114 valence electrons. The topological polar surface area (TPSA) is 49.4 Å². The summed E-state index contributed by atoms with van der Waals surface area (Å²) >= 11 is 0. The molecule has 0 radical (unpaired) electrons. The number of benzene rings is 1. The van der Waals surface area contributed by atoms with Crippen LogP contribution in [0.15, 0.2) is 24.3 Å². The molecule has 0 saturated carbocycles. The van der Waals surface area contributed by atoms with Gasteiger partial charge in [-0.2, -0.15) is 0 Å². The zero-order valence-electron chi connectivity index (χ0n) is 13.1. The van der Waals surface area contributed by atoms with E-state index in [1.807, 2.05) is 38.1 Å². The molecule has 0 aromatic heterocycles. The minimum absolute atomic E-state index is 0.0107. The van der Waals surface area contributed by atoms with E-state index in [-0.39, 0.29) is 11.8 Å². The van der Waals surface area contributed by atoms with Crippen LogP contribution in [0.3, 0.4) is 0 Å². The van der Waals surface area contributed by atoms with Crippen molar-refractivity contribution in [3.63, 3.8) is 0 Å². The molecule has 2 unspecified atom stereocenters. The third kappa shape index (κ3) is 3.09. The number of piperazine rings is 1. The van der Waals surface area contributed by atoms with Crippen molar-refractivity contribution in [3.05, 3.63) is 29.8 Å². The molecule has 1 aromatic carbocycles. The molecule has 2 rings (SSSR count). The third-order valence-corrected chi connectivity index (χ3v) is 4.03. The van der Waals surface area contributed by atoms with E-state index < -0.39 is 12.1 Å². The summed E-state index contributed by atoms with van der Waals surface area (Å²) in [5, 5.41) is 2.87. The number of rotatable bonds is 5. The second-order valence-electron chi connectivity index (χ2n) is 5.51. The lowest BCUT2D eigenvalue weighted by atomic mass is 10.00. The van der Waals surface area contributed by atoms with Crippen molar-refractivity contribution in [3.8, 4) is 0 Å². The Morgan fingerprint density at radius 3 is 2.57 bits per heavy atom. The molecule has 1 heterocycles. The number of anilines is 1. The quantitative estimate of drug-likeness (QED) is 0.905. The van der Waals surface area contributed by atoms with Crippen LogP contribution < -0.4 is 10.2 Å². The monoisotopic (exact) mass is 288 g/mol. The lowest BCUT2D eigenvalue weighted by Crippen LogP contribution is -2.63. The number of amides is 2. The third-order valence-electron chi connectivity index (χ3n) is 4.03. The molecule has 2 amide bonds. The van der Waals surface area contributed by atoms with Gasteiger partial charge in [0.2, 0.25) is 11.8 Å². The highest BCUT2D eigenvalue weighted by Gasteiger charge is 2.39. The van der Waals surface area contributed by atoms with Gasteiger partial charge in [-0.05, 0) is 37.0 Å². The van der Waals surface area contributed by atoms with Gasteiger partial charge < -0.3 is 5.32 Å². The molecule has 1 aromatic rings. The molecule has 1 N–H and O–H groups in total. The highest BCUT2D eigenvalue weighted by atomic mass is 16.2. The summed E-state index contributed by atoms with van der Waals surface area (Å²) in [6, 6.07) is 7.13. The van der Waals surface area contributed by atoms with Gasteiger partial charge in [0.05, 0.1) is 0 Å². The van der Waals surface area contributed by atoms with E-state index in [1.54, 1.807) is 4.90 Å². The zero-order valence-corrected chi connectivity index (χ0v) is 13.1. The average Bonchev–Trinajstić information content (AvgIpc) is 2.50. The second kappa shape index (κ2) is 6.74. The maximum Gasteiger partial charge on any atom is 0.250 e. The number of nitrogens with one attached hydrogen (secondary N) is 1. The van der Waals surface area contributed by atoms with Gasteiger partial charge in [-0.15, -0.1) is 0 Å². The van der Waals surface area contributed by atoms with E-state index in [4.69, 9.17) is 0 Å². The number of aryl methyl sites for hydroxylation is 1. The summed E-state index contributed by atoms with van der Waals surface area (Å²) < 4.78 is 0. The van der Waals surface area contributed by atoms with E-state index in [9.17, 15) is 9.59 Å². The smallest absolute Gasteiger partial charge is 0.250 e. The molecule has 0 aliphatic carbocycles. The van der Waals surface area contributed by atoms with Crippen LogP contribution in [0.25, 0.3) is 0 Å². The van der Waals surface area contributed by atoms with E-state index >= 15 is 0 Å². The number of carbonyl (C=O) groups is 2. The molecular formula is C17H24N2O2. The number of carbonyl (C=O) groups excluding carboxylic acids is 2. The SMILES string of the molecule is CCCC1NC(=O)C(CC)N(c2cccc(CC)c2)C1=O. The Balaban J connectivity index is 2.38. The van der Waals surface area contributed by atoms with Gasteiger partial charge in [0.25, 0.3) is 0 Å². The Labute approximate surface area is 126 Å². The number of hydrogen-bond acceptors (Lipinski definition) is 2. The maximum absolute atomic E-state index is 12.7. The summed E-state index contributed by atoms with van der Waals surface area (Å²) in [5.74, 6) is -0.0333. The molecular weight excluding hydrogens is 264 g/mol. The predicted octanol–water partition coefficient (Wildman–Crippen LogP) is 2.66. The maximum atomic E-state index is 12.7. The Kier molecular flexibility index (Phi) is 4.99. The van der Waals surface area contributed by atoms with Gasteiger partial charge in [0.1, 0.15) is 12.1 Å². The van der Waals surface area contributed by atoms with Crippen LogP contribution >= 0.6 is 0 Å². The summed E-state index contributed by atoms with van der Waals surface area (Å²) in [6.07, 6.45) is 3.09. The van der Waals surface area contributed by atoms with E-state index in [2.05, 4.69) is 12.2 Å². The highest BCUT2D eigenvalue weighted by Crippen LogP contribution is 2.25. The normalized spacial score (nSPS) is 22.3. The first-order valence-electron chi connectivity index (χ1n) is 7.84. The summed E-state index contributed by atoms with van der Waals surface area (Å²) in [6.45, 7) is 6.04. The summed E-state index contributed by atoms with van der Waals surface area (Å²) in [7, 11) is 0. The van der Waals surface area contributed by atoms with Crippen LogP contribution in [0.4, 0.5) is 5.69 Å². The molecule has 1 saturated heterocycles. The molecule has 1 aliphatic heterocycles. The molecule has 1 fully saturated rings. The minimum Gasteiger partial charge on any atom is -0.342 e. The molecule has 1 aliphatic rings. The van der Waals surface area contributed by atoms with Gasteiger partial charge >= 0.3 is 0 Å². The standard InChI is InChI=1S/C17H24N2O2/c1-4-8-14-17(21)19(15(6-3)16(20)18-14)13-10-7-9-12(5-2)11-13/h7,9-11,14-15H,4-6,8H2,1-3H3,(H,18,20). The van der Waals surface area contributed by atoms with Crippen molar-refractivity contribution in [1.82, 2.24) is 5.32 Å². The Morgan fingerprint density at radius 2 is 1.95 bits per heavy atom. The Bertz CT molecular complexity index is 527. The number of nitrogens with zero attached hydrogens (tertiary/aromatic N) is 1. The zero-order chi connectivity index (χ0) is 15.4. The van der Waals surface area contributed by atoms with Gasteiger partial charge in [-0.3, -0.25) is 14.5 Å². The lowest BCUT2D eigenvalue weighted by Gasteiger charge is -2.38. The largest absolute Gasteiger partial charge is 0.342 e. The molecule has 4 heteroatoms. The van der Waals surface area contributed by atoms with Gasteiger partial charge in [-0.25, -0.2) is 0 Å². The average molecular weight is 288 g/mol. The molecule has 21 heavy (non-hydrogen) atoms. The van der Waals surface area contributed by atoms with E-state index in [1.165, 1.54) is 5.56 Å². The molecule has 2 atom stereocenters. The van der Waals surface area contributed by atoms with Crippen LogP contribution in [-0.2, 0) is 16.0 Å². The highest BCUT2D eigenvalue weighted by molar-refractivity contribution is 6.08. The van der Waals surface area contributed by atoms with Crippen molar-refractivity contribution in [2.24, 2.45) is 0 Å². The fourth-order valence-corrected chi connectivity index (χ4v) is 2.85. The van der Waals surface area contributed by atoms with Crippen LogP contribution in [0.5, 0.6) is 0 Å². The van der Waals surface area contributed by atoms with Crippen molar-refractivity contribution >= 4 is 17.5 Å². The van der Waals surface area contributed by atoms with Crippen molar-refractivity contribution in [2.45, 2.75) is 58.5 Å². The molecule has 0 spiro atoms. The van der Waals surface area contributed by atoms with Crippen LogP contribution in [0.2, 0.25) is 0 Å². The fourth-order valence-electron chi connectivity index (χ4n) is 2.85. The Morgan fingerprint density at radius 1 is 1.19 bits per heavy atom. The van der Waals surface area contributed by atoms with Gasteiger partial charge in [-0.1, -0.05) is 39.3 Å². The Hall–Kier alpha value is -1.84. The summed E-state index contributed by atoms with van der Waals surface area (Å²) in [4.78, 5) is 26.7. The first-order chi connectivity index (χ1) is 10.1. The first kappa shape index (κ1) is 15.5. The van der Waals surface area contributed by atoms with Crippen LogP contribution in [0, 0.1) is 0 Å². The van der Waals surface area contributed by atoms with Crippen molar-refractivity contribution < 1.29 is 9.59 Å². The number of hydrogen-bond donors (Lipinski definition) is 1. The second-order valence-corrected chi connectivity index (χ2v) is 5.51. The fraction of sp³-hybridized carbons (Fsp3) is 0.529. The van der Waals surface area contributed by atoms with Crippen molar-refractivity contribution in [2.75, 3.05) is 4.90 Å². The van der Waals surface area contributed by atoms with E-state index in [0.717, 1.165) is 18.5 Å². The van der Waals surface area contributed by atoms with E-state index in [0.29, 0.717) is 12.8 Å².